The highest BCUT2D eigenvalue weighted by Gasteiger charge is 2.22. The van der Waals surface area contributed by atoms with Crippen LogP contribution < -0.4 is 5.73 Å². The van der Waals surface area contributed by atoms with Gasteiger partial charge in [0.1, 0.15) is 0 Å². The molecule has 1 aliphatic carbocycles. The molecule has 0 aromatic rings. The first-order valence-corrected chi connectivity index (χ1v) is 7.30. The molecule has 0 amide bonds. The summed E-state index contributed by atoms with van der Waals surface area (Å²) in [5, 5.41) is 0. The molecule has 2 N–H and O–H groups in total. The van der Waals surface area contributed by atoms with Crippen LogP contribution in [0.1, 0.15) is 44.9 Å². The van der Waals surface area contributed by atoms with E-state index in [-0.39, 0.29) is 0 Å². The Morgan fingerprint density at radius 1 is 1.12 bits per heavy atom. The summed E-state index contributed by atoms with van der Waals surface area (Å²) in [4.78, 5) is 2.46. The largest absolute Gasteiger partial charge is 0.377 e. The lowest BCUT2D eigenvalue weighted by Crippen LogP contribution is -2.38. The summed E-state index contributed by atoms with van der Waals surface area (Å²) >= 11 is 0. The molecule has 2 fully saturated rings. The van der Waals surface area contributed by atoms with Crippen molar-refractivity contribution in [2.24, 2.45) is 11.7 Å². The summed E-state index contributed by atoms with van der Waals surface area (Å²) in [5.41, 5.74) is 6.04. The number of ether oxygens (including phenoxy) is 1. The monoisotopic (exact) mass is 240 g/mol. The van der Waals surface area contributed by atoms with Gasteiger partial charge in [-0.2, -0.15) is 0 Å². The Hall–Kier alpha value is -0.120. The van der Waals surface area contributed by atoms with E-state index in [0.717, 1.165) is 19.1 Å². The van der Waals surface area contributed by atoms with E-state index in [0.29, 0.717) is 12.1 Å². The molecule has 1 aliphatic heterocycles. The van der Waals surface area contributed by atoms with E-state index in [1.54, 1.807) is 0 Å². The first-order valence-electron chi connectivity index (χ1n) is 7.30. The third-order valence-electron chi connectivity index (χ3n) is 4.18. The maximum absolute atomic E-state index is 6.04. The standard InChI is InChI=1S/C14H28N2O/c1-16(11-14-7-2-3-8-17-14)10-12-5-4-6-13(15)9-12/h12-14H,2-11,15H2,1H3. The van der Waals surface area contributed by atoms with Gasteiger partial charge in [-0.05, 0) is 51.5 Å². The average Bonchev–Trinajstić information content (AvgIpc) is 2.30. The van der Waals surface area contributed by atoms with Gasteiger partial charge in [-0.1, -0.05) is 6.42 Å². The second-order valence-corrected chi connectivity index (χ2v) is 6.00. The predicted molar refractivity (Wildman–Crippen MR) is 71.0 cm³/mol. The Morgan fingerprint density at radius 3 is 2.71 bits per heavy atom. The summed E-state index contributed by atoms with van der Waals surface area (Å²) in [6.45, 7) is 3.27. The number of nitrogens with two attached hydrogens (primary N) is 1. The van der Waals surface area contributed by atoms with Crippen LogP contribution in [-0.4, -0.2) is 43.8 Å². The second-order valence-electron chi connectivity index (χ2n) is 6.00. The summed E-state index contributed by atoms with van der Waals surface area (Å²) in [6.07, 6.45) is 9.44. The van der Waals surface area contributed by atoms with E-state index >= 15 is 0 Å². The van der Waals surface area contributed by atoms with Crippen LogP contribution in [-0.2, 0) is 4.74 Å². The van der Waals surface area contributed by atoms with Gasteiger partial charge in [-0.15, -0.1) is 0 Å². The molecule has 3 nitrogen and oxygen atoms in total. The van der Waals surface area contributed by atoms with E-state index in [1.165, 1.54) is 51.5 Å². The minimum absolute atomic E-state index is 0.452. The van der Waals surface area contributed by atoms with Gasteiger partial charge >= 0.3 is 0 Å². The molecule has 100 valence electrons. The van der Waals surface area contributed by atoms with Crippen LogP contribution in [0.15, 0.2) is 0 Å². The lowest BCUT2D eigenvalue weighted by molar-refractivity contribution is -0.00435. The maximum atomic E-state index is 6.04. The van der Waals surface area contributed by atoms with Gasteiger partial charge < -0.3 is 15.4 Å². The highest BCUT2D eigenvalue weighted by atomic mass is 16.5. The topological polar surface area (TPSA) is 38.5 Å². The number of rotatable bonds is 4. The smallest absolute Gasteiger partial charge is 0.0701 e. The molecule has 0 bridgehead atoms. The van der Waals surface area contributed by atoms with Crippen molar-refractivity contribution < 1.29 is 4.74 Å². The summed E-state index contributed by atoms with van der Waals surface area (Å²) < 4.78 is 5.79. The highest BCUT2D eigenvalue weighted by molar-refractivity contribution is 4.78. The summed E-state index contributed by atoms with van der Waals surface area (Å²) in [7, 11) is 2.23. The van der Waals surface area contributed by atoms with Crippen LogP contribution >= 0.6 is 0 Å². The molecule has 3 atom stereocenters. The van der Waals surface area contributed by atoms with Crippen LogP contribution in [0.25, 0.3) is 0 Å². The number of likely N-dealkylation sites (N-methyl/N-ethyl adjacent to an activating group) is 1. The molecular weight excluding hydrogens is 212 g/mol. The molecule has 2 aliphatic rings. The van der Waals surface area contributed by atoms with Gasteiger partial charge in [0.15, 0.2) is 0 Å². The Balaban J connectivity index is 1.66. The van der Waals surface area contributed by atoms with Crippen molar-refractivity contribution in [3.63, 3.8) is 0 Å². The zero-order chi connectivity index (χ0) is 12.1. The molecule has 0 aromatic heterocycles. The number of hydrogen-bond acceptors (Lipinski definition) is 3. The normalized spacial score (nSPS) is 35.1. The van der Waals surface area contributed by atoms with Gasteiger partial charge in [0, 0.05) is 25.7 Å². The Kier molecular flexibility index (Phi) is 5.26. The molecule has 0 aromatic carbocycles. The average molecular weight is 240 g/mol. The lowest BCUT2D eigenvalue weighted by atomic mass is 9.86. The predicted octanol–water partition coefficient (Wildman–Crippen LogP) is 2.00. The van der Waals surface area contributed by atoms with Crippen LogP contribution in [0.2, 0.25) is 0 Å². The van der Waals surface area contributed by atoms with Crippen LogP contribution in [0.3, 0.4) is 0 Å². The van der Waals surface area contributed by atoms with Crippen molar-refractivity contribution in [1.82, 2.24) is 4.90 Å². The highest BCUT2D eigenvalue weighted by Crippen LogP contribution is 2.24. The molecule has 1 heterocycles. The van der Waals surface area contributed by atoms with Gasteiger partial charge in [0.2, 0.25) is 0 Å². The fraction of sp³-hybridized carbons (Fsp3) is 1.00. The SMILES string of the molecule is CN(CC1CCCC(N)C1)CC1CCCCO1. The van der Waals surface area contributed by atoms with Crippen LogP contribution in [0.4, 0.5) is 0 Å². The van der Waals surface area contributed by atoms with E-state index in [1.807, 2.05) is 0 Å². The summed E-state index contributed by atoms with van der Waals surface area (Å²) in [6, 6.07) is 0.452. The summed E-state index contributed by atoms with van der Waals surface area (Å²) in [5.74, 6) is 0.812. The van der Waals surface area contributed by atoms with E-state index in [4.69, 9.17) is 10.5 Å². The van der Waals surface area contributed by atoms with E-state index in [2.05, 4.69) is 11.9 Å². The van der Waals surface area contributed by atoms with Gasteiger partial charge in [0.05, 0.1) is 6.10 Å². The second kappa shape index (κ2) is 6.72. The van der Waals surface area contributed by atoms with E-state index < -0.39 is 0 Å². The fourth-order valence-corrected chi connectivity index (χ4v) is 3.31. The molecule has 3 heteroatoms. The van der Waals surface area contributed by atoms with Crippen molar-refractivity contribution in [1.29, 1.82) is 0 Å². The number of nitrogens with zero attached hydrogens (tertiary/aromatic N) is 1. The zero-order valence-electron chi connectivity index (χ0n) is 11.2. The van der Waals surface area contributed by atoms with E-state index in [9.17, 15) is 0 Å². The van der Waals surface area contributed by atoms with Crippen molar-refractivity contribution in [2.45, 2.75) is 57.1 Å². The van der Waals surface area contributed by atoms with Gasteiger partial charge in [-0.25, -0.2) is 0 Å². The zero-order valence-corrected chi connectivity index (χ0v) is 11.2. The third kappa shape index (κ3) is 4.57. The van der Waals surface area contributed by atoms with Crippen molar-refractivity contribution >= 4 is 0 Å². The van der Waals surface area contributed by atoms with Crippen LogP contribution in [0, 0.1) is 5.92 Å². The first-order chi connectivity index (χ1) is 8.24. The minimum Gasteiger partial charge on any atom is -0.377 e. The van der Waals surface area contributed by atoms with Gasteiger partial charge in [-0.3, -0.25) is 0 Å². The molecule has 1 saturated carbocycles. The molecule has 2 rings (SSSR count). The molecule has 17 heavy (non-hydrogen) atoms. The number of hydrogen-bond donors (Lipinski definition) is 1. The van der Waals surface area contributed by atoms with Crippen molar-refractivity contribution in [2.75, 3.05) is 26.7 Å². The van der Waals surface area contributed by atoms with Crippen LogP contribution in [0.5, 0.6) is 0 Å². The van der Waals surface area contributed by atoms with Crippen molar-refractivity contribution in [3.8, 4) is 0 Å². The molecule has 0 spiro atoms. The quantitative estimate of drug-likeness (QED) is 0.817. The molecule has 3 unspecified atom stereocenters. The molecule has 1 saturated heterocycles. The molecular formula is C14H28N2O. The fourth-order valence-electron chi connectivity index (χ4n) is 3.31. The Morgan fingerprint density at radius 2 is 2.00 bits per heavy atom. The molecule has 0 radical (unpaired) electrons. The Labute approximate surface area is 106 Å². The minimum atomic E-state index is 0.452. The maximum Gasteiger partial charge on any atom is 0.0701 e. The first kappa shape index (κ1) is 13.3. The van der Waals surface area contributed by atoms with Gasteiger partial charge in [0.25, 0.3) is 0 Å². The van der Waals surface area contributed by atoms with Crippen molar-refractivity contribution in [3.05, 3.63) is 0 Å². The third-order valence-corrected chi connectivity index (χ3v) is 4.18. The lowest BCUT2D eigenvalue weighted by Gasteiger charge is -2.32. The Bertz CT molecular complexity index is 216.